The number of carbonyl (C=O) groups is 1. The van der Waals surface area contributed by atoms with Crippen LogP contribution in [-0.4, -0.2) is 64.3 Å². The number of hydrogen-bond acceptors (Lipinski definition) is 5. The van der Waals surface area contributed by atoms with Crippen molar-refractivity contribution in [2.24, 2.45) is 0 Å². The first-order chi connectivity index (χ1) is 11.7. The second-order valence-electron chi connectivity index (χ2n) is 6.15. The number of carbonyl (C=O) groups excluding carboxylic acids is 1. The van der Waals surface area contributed by atoms with Crippen molar-refractivity contribution in [3.05, 3.63) is 35.5 Å². The van der Waals surface area contributed by atoms with Crippen LogP contribution in [0, 0.1) is 0 Å². The molecule has 1 aliphatic heterocycles. The Morgan fingerprint density at radius 3 is 2.71 bits per heavy atom. The first-order valence-electron chi connectivity index (χ1n) is 8.42. The summed E-state index contributed by atoms with van der Waals surface area (Å²) in [5.74, 6) is 0.397. The highest BCUT2D eigenvalue weighted by molar-refractivity contribution is 5.97. The molecule has 1 aromatic carbocycles. The molecular weight excluding hydrogens is 304 g/mol. The summed E-state index contributed by atoms with van der Waals surface area (Å²) < 4.78 is 0. The van der Waals surface area contributed by atoms with E-state index in [1.165, 1.54) is 5.56 Å². The van der Waals surface area contributed by atoms with E-state index in [-0.39, 0.29) is 5.91 Å². The molecule has 0 unspecified atom stereocenters. The van der Waals surface area contributed by atoms with Crippen LogP contribution >= 0.6 is 0 Å². The summed E-state index contributed by atoms with van der Waals surface area (Å²) in [5, 5.41) is 13.9. The Balaban J connectivity index is 1.72. The van der Waals surface area contributed by atoms with Gasteiger partial charge in [0.25, 0.3) is 5.91 Å². The van der Waals surface area contributed by atoms with Gasteiger partial charge in [-0.05, 0) is 44.1 Å². The molecule has 1 aliphatic rings. The monoisotopic (exact) mass is 328 g/mol. The van der Waals surface area contributed by atoms with Crippen molar-refractivity contribution in [1.29, 1.82) is 0 Å². The number of aromatic nitrogens is 3. The minimum Gasteiger partial charge on any atom is -0.337 e. The van der Waals surface area contributed by atoms with Gasteiger partial charge in [-0.1, -0.05) is 19.1 Å². The van der Waals surface area contributed by atoms with Gasteiger partial charge >= 0.3 is 0 Å². The molecule has 128 valence electrons. The number of anilines is 2. The molecule has 0 aliphatic carbocycles. The number of benzene rings is 1. The van der Waals surface area contributed by atoms with E-state index in [1.807, 2.05) is 17.0 Å². The van der Waals surface area contributed by atoms with Crippen molar-refractivity contribution in [3.63, 3.8) is 0 Å². The lowest BCUT2D eigenvalue weighted by atomic mass is 10.1. The molecule has 2 N–H and O–H groups in total. The van der Waals surface area contributed by atoms with E-state index in [1.54, 1.807) is 0 Å². The van der Waals surface area contributed by atoms with Gasteiger partial charge in [0.1, 0.15) is 0 Å². The minimum atomic E-state index is -0.0771. The van der Waals surface area contributed by atoms with E-state index in [4.69, 9.17) is 0 Å². The van der Waals surface area contributed by atoms with Gasteiger partial charge in [0, 0.05) is 25.3 Å². The fourth-order valence-corrected chi connectivity index (χ4v) is 2.83. The average molecular weight is 328 g/mol. The largest absolute Gasteiger partial charge is 0.337 e. The zero-order chi connectivity index (χ0) is 16.9. The number of likely N-dealkylation sites (N-methyl/N-ethyl adjacent to an activating group) is 1. The maximum atomic E-state index is 12.8. The van der Waals surface area contributed by atoms with E-state index >= 15 is 0 Å². The number of aryl methyl sites for hydroxylation is 1. The lowest BCUT2D eigenvalue weighted by molar-refractivity contribution is 0.0758. The van der Waals surface area contributed by atoms with Gasteiger partial charge in [-0.3, -0.25) is 4.79 Å². The minimum absolute atomic E-state index is 0.0771. The summed E-state index contributed by atoms with van der Waals surface area (Å²) >= 11 is 0. The number of nitrogens with one attached hydrogen (secondary N) is 2. The molecule has 24 heavy (non-hydrogen) atoms. The fourth-order valence-electron chi connectivity index (χ4n) is 2.83. The van der Waals surface area contributed by atoms with Crippen molar-refractivity contribution in [1.82, 2.24) is 25.2 Å². The summed E-state index contributed by atoms with van der Waals surface area (Å²) in [7, 11) is 2.08. The molecule has 1 fully saturated rings. The summed E-state index contributed by atoms with van der Waals surface area (Å²) in [6.45, 7) is 5.48. The molecule has 2 aromatic rings. The molecule has 7 nitrogen and oxygen atoms in total. The predicted octanol–water partition coefficient (Wildman–Crippen LogP) is 1.89. The topological polar surface area (TPSA) is 77.1 Å². The molecule has 3 rings (SSSR count). The van der Waals surface area contributed by atoms with Crippen LogP contribution in [-0.2, 0) is 6.42 Å². The third kappa shape index (κ3) is 3.73. The van der Waals surface area contributed by atoms with Crippen LogP contribution in [0.3, 0.4) is 0 Å². The number of amides is 1. The Kier molecular flexibility index (Phi) is 5.10. The molecule has 0 saturated carbocycles. The van der Waals surface area contributed by atoms with Crippen LogP contribution in [0.25, 0.3) is 0 Å². The van der Waals surface area contributed by atoms with Crippen LogP contribution < -0.4 is 5.32 Å². The molecule has 7 heteroatoms. The highest BCUT2D eigenvalue weighted by atomic mass is 16.2. The van der Waals surface area contributed by atoms with Gasteiger partial charge < -0.3 is 15.1 Å². The lowest BCUT2D eigenvalue weighted by Crippen LogP contribution is -2.35. The van der Waals surface area contributed by atoms with Crippen molar-refractivity contribution in [2.45, 2.75) is 19.8 Å². The molecule has 0 radical (unpaired) electrons. The van der Waals surface area contributed by atoms with Gasteiger partial charge in [0.15, 0.2) is 11.5 Å². The molecule has 0 spiro atoms. The van der Waals surface area contributed by atoms with Crippen molar-refractivity contribution in [2.75, 3.05) is 38.5 Å². The Labute approximate surface area is 142 Å². The Morgan fingerprint density at radius 2 is 1.96 bits per heavy atom. The SMILES string of the molecule is CCc1ccc(Nc2n[nH]nc2C(=O)N2CCCN(C)CC2)cc1. The molecule has 1 amide bonds. The fraction of sp³-hybridized carbons (Fsp3) is 0.471. The first-order valence-corrected chi connectivity index (χ1v) is 8.42. The van der Waals surface area contributed by atoms with E-state index in [0.717, 1.165) is 38.2 Å². The second kappa shape index (κ2) is 7.44. The van der Waals surface area contributed by atoms with Gasteiger partial charge in [-0.2, -0.15) is 5.21 Å². The second-order valence-corrected chi connectivity index (χ2v) is 6.15. The predicted molar refractivity (Wildman–Crippen MR) is 93.5 cm³/mol. The Hall–Kier alpha value is -2.41. The van der Waals surface area contributed by atoms with Crippen molar-refractivity contribution < 1.29 is 4.79 Å². The van der Waals surface area contributed by atoms with Gasteiger partial charge in [0.2, 0.25) is 0 Å². The van der Waals surface area contributed by atoms with Crippen molar-refractivity contribution in [3.8, 4) is 0 Å². The van der Waals surface area contributed by atoms with Gasteiger partial charge in [-0.15, -0.1) is 10.2 Å². The average Bonchev–Trinajstić information content (AvgIpc) is 2.95. The zero-order valence-electron chi connectivity index (χ0n) is 14.2. The highest BCUT2D eigenvalue weighted by Gasteiger charge is 2.24. The van der Waals surface area contributed by atoms with E-state index in [0.29, 0.717) is 18.1 Å². The maximum Gasteiger partial charge on any atom is 0.278 e. The van der Waals surface area contributed by atoms with E-state index < -0.39 is 0 Å². The lowest BCUT2D eigenvalue weighted by Gasteiger charge is -2.19. The third-order valence-electron chi connectivity index (χ3n) is 4.38. The van der Waals surface area contributed by atoms with Gasteiger partial charge in [0.05, 0.1) is 0 Å². The number of H-pyrrole nitrogens is 1. The van der Waals surface area contributed by atoms with Crippen LogP contribution in [0.2, 0.25) is 0 Å². The summed E-state index contributed by atoms with van der Waals surface area (Å²) in [6.07, 6.45) is 1.97. The highest BCUT2D eigenvalue weighted by Crippen LogP contribution is 2.19. The summed E-state index contributed by atoms with van der Waals surface area (Å²) in [4.78, 5) is 16.9. The molecule has 2 heterocycles. The van der Waals surface area contributed by atoms with E-state index in [9.17, 15) is 4.79 Å². The number of aromatic amines is 1. The van der Waals surface area contributed by atoms with Crippen LogP contribution in [0.15, 0.2) is 24.3 Å². The molecule has 1 saturated heterocycles. The summed E-state index contributed by atoms with van der Waals surface area (Å²) in [5.41, 5.74) is 2.51. The quantitative estimate of drug-likeness (QED) is 0.896. The number of hydrogen-bond donors (Lipinski definition) is 2. The van der Waals surface area contributed by atoms with Crippen LogP contribution in [0.5, 0.6) is 0 Å². The van der Waals surface area contributed by atoms with Crippen LogP contribution in [0.4, 0.5) is 11.5 Å². The molecular formula is C17H24N6O. The van der Waals surface area contributed by atoms with Gasteiger partial charge in [-0.25, -0.2) is 0 Å². The standard InChI is InChI=1S/C17H24N6O/c1-3-13-5-7-14(8-6-13)18-16-15(19-21-20-16)17(24)23-10-4-9-22(2)11-12-23/h5-8H,3-4,9-12H2,1-2H3,(H2,18,19,20,21). The zero-order valence-corrected chi connectivity index (χ0v) is 14.2. The maximum absolute atomic E-state index is 12.8. The molecule has 0 bridgehead atoms. The first kappa shape index (κ1) is 16.4. The normalized spacial score (nSPS) is 16.0. The Bertz CT molecular complexity index is 681. The van der Waals surface area contributed by atoms with Crippen molar-refractivity contribution >= 4 is 17.4 Å². The Morgan fingerprint density at radius 1 is 1.17 bits per heavy atom. The molecule has 0 atom stereocenters. The number of nitrogens with zero attached hydrogens (tertiary/aromatic N) is 4. The smallest absolute Gasteiger partial charge is 0.278 e. The van der Waals surface area contributed by atoms with Crippen LogP contribution in [0.1, 0.15) is 29.4 Å². The summed E-state index contributed by atoms with van der Waals surface area (Å²) in [6, 6.07) is 8.11. The third-order valence-corrected chi connectivity index (χ3v) is 4.38. The molecule has 1 aromatic heterocycles. The number of rotatable bonds is 4. The van der Waals surface area contributed by atoms with E-state index in [2.05, 4.69) is 51.7 Å².